The van der Waals surface area contributed by atoms with E-state index in [4.69, 9.17) is 5.11 Å². The molecule has 0 saturated heterocycles. The van der Waals surface area contributed by atoms with Crippen LogP contribution in [0.1, 0.15) is 53.4 Å². The average Bonchev–Trinajstić information content (AvgIpc) is 2.81. The van der Waals surface area contributed by atoms with Crippen LogP contribution >= 0.6 is 11.3 Å². The first-order valence-electron chi connectivity index (χ1n) is 6.52. The van der Waals surface area contributed by atoms with Gasteiger partial charge in [0.2, 0.25) is 0 Å². The summed E-state index contributed by atoms with van der Waals surface area (Å²) in [4.78, 5) is 15.6. The predicted molar refractivity (Wildman–Crippen MR) is 74.1 cm³/mol. The Morgan fingerprint density at radius 1 is 1.26 bits per heavy atom. The molecule has 0 spiro atoms. The van der Waals surface area contributed by atoms with Crippen molar-refractivity contribution < 1.29 is 15.0 Å². The first-order chi connectivity index (χ1) is 9.15. The molecule has 0 amide bonds. The fraction of sp³-hybridized carbons (Fsp3) is 0.429. The number of rotatable bonds is 2. The molecule has 2 N–H and O–H groups in total. The summed E-state index contributed by atoms with van der Waals surface area (Å²) in [6, 6.07) is 2.98. The van der Waals surface area contributed by atoms with Gasteiger partial charge in [-0.2, -0.15) is 0 Å². The Morgan fingerprint density at radius 2 is 2.00 bits per heavy atom. The standard InChI is InChI=1S/C14H15NO3S/c16-11-7-12-10(6-9(11)14(17)18)15-13(19-12)8-4-2-1-3-5-8/h6-8,16H,1-5H2,(H,17,18). The van der Waals surface area contributed by atoms with Gasteiger partial charge in [0.05, 0.1) is 15.2 Å². The van der Waals surface area contributed by atoms with Gasteiger partial charge in [0.1, 0.15) is 11.3 Å². The largest absolute Gasteiger partial charge is 0.507 e. The number of aromatic carboxylic acids is 1. The van der Waals surface area contributed by atoms with Crippen LogP contribution in [0.5, 0.6) is 5.75 Å². The number of nitrogens with zero attached hydrogens (tertiary/aromatic N) is 1. The molecular formula is C14H15NO3S. The summed E-state index contributed by atoms with van der Waals surface area (Å²) in [5.41, 5.74) is 0.605. The van der Waals surface area contributed by atoms with Crippen LogP contribution in [0.4, 0.5) is 0 Å². The Bertz CT molecular complexity index is 629. The van der Waals surface area contributed by atoms with Crippen LogP contribution in [-0.2, 0) is 0 Å². The molecule has 1 fully saturated rings. The fourth-order valence-corrected chi connectivity index (χ4v) is 3.83. The average molecular weight is 277 g/mol. The van der Waals surface area contributed by atoms with Crippen molar-refractivity contribution >= 4 is 27.5 Å². The Balaban J connectivity index is 2.02. The third-order valence-corrected chi connectivity index (χ3v) is 4.89. The minimum atomic E-state index is -1.12. The van der Waals surface area contributed by atoms with Crippen molar-refractivity contribution in [3.05, 3.63) is 22.7 Å². The number of aromatic nitrogens is 1. The number of hydrogen-bond acceptors (Lipinski definition) is 4. The van der Waals surface area contributed by atoms with Gasteiger partial charge in [-0.15, -0.1) is 11.3 Å². The van der Waals surface area contributed by atoms with Crippen molar-refractivity contribution in [1.29, 1.82) is 0 Å². The molecule has 0 bridgehead atoms. The molecule has 1 aliphatic carbocycles. The minimum Gasteiger partial charge on any atom is -0.507 e. The topological polar surface area (TPSA) is 70.4 Å². The first-order valence-corrected chi connectivity index (χ1v) is 7.33. The predicted octanol–water partition coefficient (Wildman–Crippen LogP) is 3.75. The Kier molecular flexibility index (Phi) is 3.14. The zero-order valence-electron chi connectivity index (χ0n) is 10.4. The SMILES string of the molecule is O=C(O)c1cc2nc(C3CCCCC3)sc2cc1O. The van der Waals surface area contributed by atoms with Crippen molar-refractivity contribution in [3.63, 3.8) is 0 Å². The molecule has 100 valence electrons. The second kappa shape index (κ2) is 4.81. The molecule has 1 heterocycles. The minimum absolute atomic E-state index is 0.0759. The Labute approximate surface area is 114 Å². The number of carboxylic acid groups (broad SMARTS) is 1. The molecule has 19 heavy (non-hydrogen) atoms. The molecule has 1 aromatic heterocycles. The van der Waals surface area contributed by atoms with Crippen molar-refractivity contribution in [2.24, 2.45) is 0 Å². The summed E-state index contributed by atoms with van der Waals surface area (Å²) in [6.07, 6.45) is 6.11. The third-order valence-electron chi connectivity index (χ3n) is 3.71. The summed E-state index contributed by atoms with van der Waals surface area (Å²) >= 11 is 1.57. The van der Waals surface area contributed by atoms with Crippen LogP contribution in [0.3, 0.4) is 0 Å². The number of aromatic hydroxyl groups is 1. The number of fused-ring (bicyclic) bond motifs is 1. The second-order valence-electron chi connectivity index (χ2n) is 5.03. The van der Waals surface area contributed by atoms with Crippen LogP contribution in [0.25, 0.3) is 10.2 Å². The van der Waals surface area contributed by atoms with Crippen LogP contribution < -0.4 is 0 Å². The van der Waals surface area contributed by atoms with E-state index in [1.807, 2.05) is 0 Å². The van der Waals surface area contributed by atoms with Crippen LogP contribution in [0.15, 0.2) is 12.1 Å². The quantitative estimate of drug-likeness (QED) is 0.877. The number of hydrogen-bond donors (Lipinski definition) is 2. The number of carbonyl (C=O) groups is 1. The highest BCUT2D eigenvalue weighted by Crippen LogP contribution is 2.38. The van der Waals surface area contributed by atoms with Crippen LogP contribution in [0, 0.1) is 0 Å². The van der Waals surface area contributed by atoms with Crippen molar-refractivity contribution in [3.8, 4) is 5.75 Å². The van der Waals surface area contributed by atoms with Crippen molar-refractivity contribution in [2.45, 2.75) is 38.0 Å². The molecule has 0 aliphatic heterocycles. The van der Waals surface area contributed by atoms with Gasteiger partial charge in [0.15, 0.2) is 0 Å². The zero-order valence-corrected chi connectivity index (χ0v) is 11.2. The molecule has 0 radical (unpaired) electrons. The fourth-order valence-electron chi connectivity index (χ4n) is 2.68. The van der Waals surface area contributed by atoms with Gasteiger partial charge in [-0.1, -0.05) is 19.3 Å². The smallest absolute Gasteiger partial charge is 0.339 e. The van der Waals surface area contributed by atoms with E-state index >= 15 is 0 Å². The zero-order chi connectivity index (χ0) is 13.4. The molecule has 0 unspecified atom stereocenters. The van der Waals surface area contributed by atoms with E-state index in [-0.39, 0.29) is 11.3 Å². The molecule has 1 aromatic carbocycles. The second-order valence-corrected chi connectivity index (χ2v) is 6.09. The monoisotopic (exact) mass is 277 g/mol. The first kappa shape index (κ1) is 12.4. The summed E-state index contributed by atoms with van der Waals surface area (Å²) in [6.45, 7) is 0. The summed E-state index contributed by atoms with van der Waals surface area (Å²) in [5.74, 6) is -0.799. The third kappa shape index (κ3) is 2.30. The van der Waals surface area contributed by atoms with Gasteiger partial charge in [0, 0.05) is 12.0 Å². The Hall–Kier alpha value is -1.62. The van der Waals surface area contributed by atoms with Gasteiger partial charge < -0.3 is 10.2 Å². The van der Waals surface area contributed by atoms with Gasteiger partial charge >= 0.3 is 5.97 Å². The molecule has 4 nitrogen and oxygen atoms in total. The maximum atomic E-state index is 11.0. The number of thiazole rings is 1. The van der Waals surface area contributed by atoms with E-state index in [2.05, 4.69) is 4.98 Å². The normalized spacial score (nSPS) is 16.8. The highest BCUT2D eigenvalue weighted by Gasteiger charge is 2.20. The number of phenols is 1. The maximum Gasteiger partial charge on any atom is 0.339 e. The molecule has 1 aliphatic rings. The maximum absolute atomic E-state index is 11.0. The van der Waals surface area contributed by atoms with E-state index < -0.39 is 5.97 Å². The number of carboxylic acids is 1. The molecule has 5 heteroatoms. The van der Waals surface area contributed by atoms with E-state index in [1.54, 1.807) is 11.3 Å². The molecule has 1 saturated carbocycles. The molecular weight excluding hydrogens is 262 g/mol. The lowest BCUT2D eigenvalue weighted by Gasteiger charge is -2.18. The Morgan fingerprint density at radius 3 is 2.68 bits per heavy atom. The molecule has 0 atom stereocenters. The number of benzene rings is 1. The molecule has 3 rings (SSSR count). The lowest BCUT2D eigenvalue weighted by molar-refractivity contribution is 0.0694. The summed E-state index contributed by atoms with van der Waals surface area (Å²) < 4.78 is 0.864. The molecule has 2 aromatic rings. The van der Waals surface area contributed by atoms with Crippen molar-refractivity contribution in [1.82, 2.24) is 4.98 Å². The summed E-state index contributed by atoms with van der Waals surface area (Å²) in [5, 5.41) is 19.8. The highest BCUT2D eigenvalue weighted by molar-refractivity contribution is 7.18. The summed E-state index contributed by atoms with van der Waals surface area (Å²) in [7, 11) is 0. The lowest BCUT2D eigenvalue weighted by atomic mass is 9.90. The van der Waals surface area contributed by atoms with Crippen molar-refractivity contribution in [2.75, 3.05) is 0 Å². The van der Waals surface area contributed by atoms with E-state index in [1.165, 1.54) is 31.4 Å². The van der Waals surface area contributed by atoms with Crippen LogP contribution in [-0.4, -0.2) is 21.2 Å². The van der Waals surface area contributed by atoms with Gasteiger partial charge in [-0.25, -0.2) is 9.78 Å². The van der Waals surface area contributed by atoms with Crippen LogP contribution in [0.2, 0.25) is 0 Å². The van der Waals surface area contributed by atoms with E-state index in [9.17, 15) is 9.90 Å². The van der Waals surface area contributed by atoms with Gasteiger partial charge in [0.25, 0.3) is 0 Å². The lowest BCUT2D eigenvalue weighted by Crippen LogP contribution is -2.03. The van der Waals surface area contributed by atoms with Gasteiger partial charge in [-0.3, -0.25) is 0 Å². The highest BCUT2D eigenvalue weighted by atomic mass is 32.1. The van der Waals surface area contributed by atoms with E-state index in [0.717, 1.165) is 22.5 Å². The van der Waals surface area contributed by atoms with Gasteiger partial charge in [-0.05, 0) is 18.9 Å². The van der Waals surface area contributed by atoms with E-state index in [0.29, 0.717) is 11.4 Å².